The predicted molar refractivity (Wildman–Crippen MR) is 131 cm³/mol. The molecule has 0 bridgehead atoms. The zero-order valence-corrected chi connectivity index (χ0v) is 20.5. The Kier molecular flexibility index (Phi) is 9.28. The van der Waals surface area contributed by atoms with Gasteiger partial charge in [-0.25, -0.2) is 4.99 Å². The normalized spacial score (nSPS) is 11.5. The number of aromatic nitrogens is 3. The summed E-state index contributed by atoms with van der Waals surface area (Å²) in [6.45, 7) is 5.93. The van der Waals surface area contributed by atoms with Gasteiger partial charge >= 0.3 is 0 Å². The van der Waals surface area contributed by atoms with Crippen molar-refractivity contribution in [2.75, 3.05) is 18.6 Å². The molecule has 0 aliphatic rings. The Balaban J connectivity index is 0.00000300. The lowest BCUT2D eigenvalue weighted by molar-refractivity contribution is 0.534. The second-order valence-corrected chi connectivity index (χ2v) is 7.65. The van der Waals surface area contributed by atoms with Gasteiger partial charge < -0.3 is 19.6 Å². The van der Waals surface area contributed by atoms with Crippen molar-refractivity contribution in [1.82, 2.24) is 25.4 Å². The molecule has 0 saturated carbocycles. The monoisotopic (exact) mass is 528 g/mol. The fourth-order valence-corrected chi connectivity index (χ4v) is 3.33. The van der Waals surface area contributed by atoms with E-state index in [2.05, 4.69) is 45.1 Å². The van der Waals surface area contributed by atoms with Crippen LogP contribution in [0, 0.1) is 13.8 Å². The van der Waals surface area contributed by atoms with Crippen LogP contribution in [0.25, 0.3) is 11.0 Å². The molecular weight excluding hydrogens is 499 g/mol. The van der Waals surface area contributed by atoms with Crippen LogP contribution in [0.15, 0.2) is 33.7 Å². The third-order valence-corrected chi connectivity index (χ3v) is 5.43. The zero-order valence-electron chi connectivity index (χ0n) is 17.4. The molecular formula is C20H29IN6OS. The molecule has 0 amide bonds. The van der Waals surface area contributed by atoms with Crippen LogP contribution in [-0.2, 0) is 20.1 Å². The van der Waals surface area contributed by atoms with Crippen molar-refractivity contribution in [1.29, 1.82) is 0 Å². The van der Waals surface area contributed by atoms with E-state index in [1.165, 1.54) is 0 Å². The molecule has 0 radical (unpaired) electrons. The second-order valence-electron chi connectivity index (χ2n) is 6.66. The van der Waals surface area contributed by atoms with Gasteiger partial charge in [0.1, 0.15) is 23.7 Å². The summed E-state index contributed by atoms with van der Waals surface area (Å²) in [4.78, 5) is 4.69. The first kappa shape index (κ1) is 23.5. The molecule has 2 aromatic heterocycles. The first-order valence-electron chi connectivity index (χ1n) is 9.43. The van der Waals surface area contributed by atoms with Crippen LogP contribution in [-0.4, -0.2) is 39.3 Å². The fraction of sp³-hybridized carbons (Fsp3) is 0.450. The summed E-state index contributed by atoms with van der Waals surface area (Å²) < 4.78 is 7.96. The zero-order chi connectivity index (χ0) is 19.9. The van der Waals surface area contributed by atoms with Gasteiger partial charge in [0.15, 0.2) is 11.8 Å². The number of para-hydroxylation sites is 1. The van der Waals surface area contributed by atoms with Crippen LogP contribution < -0.4 is 10.6 Å². The minimum absolute atomic E-state index is 0. The number of rotatable bonds is 8. The topological polar surface area (TPSA) is 80.3 Å². The van der Waals surface area contributed by atoms with Crippen LogP contribution in [0.3, 0.4) is 0 Å². The van der Waals surface area contributed by atoms with Gasteiger partial charge in [-0.1, -0.05) is 18.2 Å². The highest BCUT2D eigenvalue weighted by Gasteiger charge is 2.11. The van der Waals surface area contributed by atoms with Gasteiger partial charge in [-0.2, -0.15) is 11.8 Å². The number of nitrogens with one attached hydrogen (secondary N) is 2. The molecule has 0 aliphatic carbocycles. The molecule has 29 heavy (non-hydrogen) atoms. The number of hydrogen-bond acceptors (Lipinski definition) is 5. The number of nitrogens with zero attached hydrogens (tertiary/aromatic N) is 4. The third kappa shape index (κ3) is 6.11. The molecule has 2 heterocycles. The lowest BCUT2D eigenvalue weighted by Crippen LogP contribution is -2.37. The summed E-state index contributed by atoms with van der Waals surface area (Å²) in [5.74, 6) is 4.51. The maximum Gasteiger partial charge on any atom is 0.192 e. The van der Waals surface area contributed by atoms with Crippen molar-refractivity contribution in [3.05, 3.63) is 47.2 Å². The Labute approximate surface area is 193 Å². The van der Waals surface area contributed by atoms with Crippen LogP contribution in [0.1, 0.15) is 29.4 Å². The highest BCUT2D eigenvalue weighted by atomic mass is 127. The van der Waals surface area contributed by atoms with E-state index in [9.17, 15) is 0 Å². The average molecular weight is 528 g/mol. The largest absolute Gasteiger partial charge is 0.459 e. The minimum Gasteiger partial charge on any atom is -0.459 e. The quantitative estimate of drug-likeness (QED) is 0.201. The van der Waals surface area contributed by atoms with E-state index in [-0.39, 0.29) is 24.0 Å². The molecule has 0 unspecified atom stereocenters. The standard InChI is InChI=1S/C20H28N6OS.HI/c1-14-16-8-5-6-9-17(16)27-18(14)12-22-20(21-10-7-11-28-4)23-13-19-25-24-15(2)26(19)3;/h5-6,8-9H,7,10-13H2,1-4H3,(H2,21,22,23);1H. The summed E-state index contributed by atoms with van der Waals surface area (Å²) in [5, 5.41) is 16.2. The Bertz CT molecular complexity index is 952. The van der Waals surface area contributed by atoms with Gasteiger partial charge in [0.05, 0.1) is 6.54 Å². The Hall–Kier alpha value is -1.75. The van der Waals surface area contributed by atoms with E-state index in [0.717, 1.165) is 58.6 Å². The number of aliphatic imine (C=N–C) groups is 1. The van der Waals surface area contributed by atoms with Gasteiger partial charge in [0.2, 0.25) is 0 Å². The molecule has 0 saturated heterocycles. The molecule has 0 fully saturated rings. The highest BCUT2D eigenvalue weighted by Crippen LogP contribution is 2.24. The molecule has 1 aromatic carbocycles. The van der Waals surface area contributed by atoms with Crippen molar-refractivity contribution >= 4 is 52.7 Å². The van der Waals surface area contributed by atoms with Crippen molar-refractivity contribution in [3.8, 4) is 0 Å². The maximum atomic E-state index is 6.00. The molecule has 3 rings (SSSR count). The minimum atomic E-state index is 0. The Morgan fingerprint density at radius 1 is 1.21 bits per heavy atom. The number of thioether (sulfide) groups is 1. The average Bonchev–Trinajstić information content (AvgIpc) is 3.20. The van der Waals surface area contributed by atoms with Crippen LogP contribution in [0.4, 0.5) is 0 Å². The first-order chi connectivity index (χ1) is 13.6. The molecule has 9 heteroatoms. The van der Waals surface area contributed by atoms with Crippen molar-refractivity contribution in [3.63, 3.8) is 0 Å². The van der Waals surface area contributed by atoms with E-state index in [0.29, 0.717) is 13.1 Å². The van der Waals surface area contributed by atoms with Gasteiger partial charge in [-0.15, -0.1) is 34.2 Å². The SMILES string of the molecule is CSCCCNC(=NCc1nnc(C)n1C)NCc1oc2ccccc2c1C.I. The highest BCUT2D eigenvalue weighted by molar-refractivity contribution is 14.0. The van der Waals surface area contributed by atoms with E-state index in [1.54, 1.807) is 0 Å². The molecule has 3 aromatic rings. The Morgan fingerprint density at radius 3 is 2.69 bits per heavy atom. The first-order valence-corrected chi connectivity index (χ1v) is 10.8. The van der Waals surface area contributed by atoms with Crippen molar-refractivity contribution < 1.29 is 4.42 Å². The van der Waals surface area contributed by atoms with Gasteiger partial charge in [0, 0.05) is 24.5 Å². The van der Waals surface area contributed by atoms with E-state index in [1.807, 2.05) is 48.5 Å². The number of fused-ring (bicyclic) bond motifs is 1. The summed E-state index contributed by atoms with van der Waals surface area (Å²) in [6, 6.07) is 8.11. The number of hydrogen-bond donors (Lipinski definition) is 2. The van der Waals surface area contributed by atoms with Crippen molar-refractivity contribution in [2.45, 2.75) is 33.4 Å². The Morgan fingerprint density at radius 2 is 2.00 bits per heavy atom. The summed E-state index contributed by atoms with van der Waals surface area (Å²) >= 11 is 1.85. The third-order valence-electron chi connectivity index (χ3n) is 4.74. The molecule has 0 atom stereocenters. The van der Waals surface area contributed by atoms with Crippen molar-refractivity contribution in [2.24, 2.45) is 12.0 Å². The number of benzene rings is 1. The lowest BCUT2D eigenvalue weighted by Gasteiger charge is -2.12. The fourth-order valence-electron chi connectivity index (χ4n) is 2.89. The summed E-state index contributed by atoms with van der Waals surface area (Å²) in [5.41, 5.74) is 2.08. The van der Waals surface area contributed by atoms with E-state index in [4.69, 9.17) is 4.42 Å². The van der Waals surface area contributed by atoms with E-state index < -0.39 is 0 Å². The number of aryl methyl sites for hydroxylation is 2. The number of guanidine groups is 1. The molecule has 2 N–H and O–H groups in total. The van der Waals surface area contributed by atoms with Gasteiger partial charge in [-0.3, -0.25) is 0 Å². The predicted octanol–water partition coefficient (Wildman–Crippen LogP) is 3.78. The van der Waals surface area contributed by atoms with Crippen LogP contribution in [0.2, 0.25) is 0 Å². The second kappa shape index (κ2) is 11.4. The number of halogens is 1. The maximum absolute atomic E-state index is 6.00. The van der Waals surface area contributed by atoms with E-state index >= 15 is 0 Å². The summed E-state index contributed by atoms with van der Waals surface area (Å²) in [7, 11) is 1.96. The summed E-state index contributed by atoms with van der Waals surface area (Å²) in [6.07, 6.45) is 3.20. The molecule has 158 valence electrons. The lowest BCUT2D eigenvalue weighted by atomic mass is 10.1. The van der Waals surface area contributed by atoms with Gasteiger partial charge in [-0.05, 0) is 38.3 Å². The molecule has 7 nitrogen and oxygen atoms in total. The van der Waals surface area contributed by atoms with Crippen LogP contribution >= 0.6 is 35.7 Å². The molecule has 0 aliphatic heterocycles. The smallest absolute Gasteiger partial charge is 0.192 e. The number of furan rings is 1. The van der Waals surface area contributed by atoms with Gasteiger partial charge in [0.25, 0.3) is 0 Å². The van der Waals surface area contributed by atoms with Crippen LogP contribution in [0.5, 0.6) is 0 Å². The molecule has 0 spiro atoms.